The maximum absolute atomic E-state index is 10.8. The summed E-state index contributed by atoms with van der Waals surface area (Å²) in [5, 5.41) is 15.5. The Morgan fingerprint density at radius 3 is 2.53 bits per heavy atom. The first-order valence-electron chi connectivity index (χ1n) is 6.60. The molecule has 0 saturated carbocycles. The van der Waals surface area contributed by atoms with Crippen LogP contribution in [0, 0.1) is 0 Å². The van der Waals surface area contributed by atoms with Gasteiger partial charge in [-0.05, 0) is 25.9 Å². The molecule has 5 nitrogen and oxygen atoms in total. The summed E-state index contributed by atoms with van der Waals surface area (Å²) in [4.78, 5) is 13.3. The molecule has 0 atom stereocenters. The van der Waals surface area contributed by atoms with Crippen molar-refractivity contribution in [3.05, 3.63) is 0 Å². The Morgan fingerprint density at radius 1 is 1.29 bits per heavy atom. The third-order valence-electron chi connectivity index (χ3n) is 3.79. The lowest BCUT2D eigenvalue weighted by Crippen LogP contribution is -2.69. The van der Waals surface area contributed by atoms with Gasteiger partial charge in [-0.1, -0.05) is 6.42 Å². The van der Waals surface area contributed by atoms with Crippen molar-refractivity contribution in [2.45, 2.75) is 31.2 Å². The van der Waals surface area contributed by atoms with Crippen molar-refractivity contribution >= 4 is 5.97 Å². The van der Waals surface area contributed by atoms with Gasteiger partial charge in [-0.15, -0.1) is 0 Å². The van der Waals surface area contributed by atoms with E-state index < -0.39 is 5.97 Å². The van der Waals surface area contributed by atoms with Crippen LogP contribution in [0.5, 0.6) is 0 Å². The van der Waals surface area contributed by atoms with E-state index in [0.29, 0.717) is 0 Å². The Hall–Kier alpha value is -0.650. The molecular formula is C12H23N3O2. The lowest BCUT2D eigenvalue weighted by molar-refractivity contribution is -0.139. The van der Waals surface area contributed by atoms with Crippen LogP contribution in [0.3, 0.4) is 0 Å². The Balaban J connectivity index is 1.67. The second-order valence-electron chi connectivity index (χ2n) is 5.28. The summed E-state index contributed by atoms with van der Waals surface area (Å²) in [5.41, 5.74) is -0.193. The summed E-state index contributed by atoms with van der Waals surface area (Å²) in [5.74, 6) is -0.711. The fraction of sp³-hybridized carbons (Fsp3) is 0.917. The van der Waals surface area contributed by atoms with Crippen LogP contribution in [-0.4, -0.2) is 60.8 Å². The molecule has 0 amide bonds. The molecule has 0 aromatic carbocycles. The van der Waals surface area contributed by atoms with Crippen LogP contribution in [0.4, 0.5) is 0 Å². The minimum atomic E-state index is -0.711. The largest absolute Gasteiger partial charge is 0.481 e. The minimum absolute atomic E-state index is 0.193. The number of hydrogen-bond acceptors (Lipinski definition) is 4. The number of aliphatic carboxylic acids is 1. The summed E-state index contributed by atoms with van der Waals surface area (Å²) >= 11 is 0. The van der Waals surface area contributed by atoms with Gasteiger partial charge in [0, 0.05) is 26.2 Å². The van der Waals surface area contributed by atoms with E-state index >= 15 is 0 Å². The second-order valence-corrected chi connectivity index (χ2v) is 5.28. The maximum Gasteiger partial charge on any atom is 0.305 e. The van der Waals surface area contributed by atoms with E-state index in [1.165, 1.54) is 32.4 Å². The molecule has 0 aliphatic carbocycles. The highest BCUT2D eigenvalue weighted by Crippen LogP contribution is 2.16. The van der Waals surface area contributed by atoms with E-state index in [4.69, 9.17) is 5.11 Å². The third-order valence-corrected chi connectivity index (χ3v) is 3.79. The predicted molar refractivity (Wildman–Crippen MR) is 66.1 cm³/mol. The number of carboxylic acid groups (broad SMARTS) is 1. The topological polar surface area (TPSA) is 64.6 Å². The molecule has 98 valence electrons. The first kappa shape index (κ1) is 12.8. The van der Waals surface area contributed by atoms with Crippen molar-refractivity contribution in [2.24, 2.45) is 0 Å². The normalized spacial score (nSPS) is 24.2. The Bertz CT molecular complexity index is 260. The molecule has 0 unspecified atom stereocenters. The van der Waals surface area contributed by atoms with Crippen LogP contribution < -0.4 is 10.6 Å². The molecule has 2 fully saturated rings. The molecule has 3 N–H and O–H groups in total. The number of piperidine rings is 1. The highest BCUT2D eigenvalue weighted by atomic mass is 16.4. The standard InChI is InChI=1S/C12H23N3O2/c16-11(17)8-12(9-13-10-12)14-4-7-15-5-2-1-3-6-15/h13-14H,1-10H2,(H,16,17). The zero-order chi connectivity index (χ0) is 12.1. The van der Waals surface area contributed by atoms with E-state index in [9.17, 15) is 4.79 Å². The fourth-order valence-electron chi connectivity index (χ4n) is 2.69. The molecule has 2 aliphatic heterocycles. The molecule has 2 rings (SSSR count). The summed E-state index contributed by atoms with van der Waals surface area (Å²) in [6.45, 7) is 5.90. The first-order valence-corrected chi connectivity index (χ1v) is 6.60. The summed E-state index contributed by atoms with van der Waals surface area (Å²) in [6, 6.07) is 0. The predicted octanol–water partition coefficient (Wildman–Crippen LogP) is -0.121. The number of carboxylic acids is 1. The van der Waals surface area contributed by atoms with Gasteiger partial charge >= 0.3 is 5.97 Å². The van der Waals surface area contributed by atoms with Crippen LogP contribution in [-0.2, 0) is 4.79 Å². The summed E-state index contributed by atoms with van der Waals surface area (Å²) in [7, 11) is 0. The maximum atomic E-state index is 10.8. The van der Waals surface area contributed by atoms with Crippen molar-refractivity contribution < 1.29 is 9.90 Å². The van der Waals surface area contributed by atoms with E-state index in [1.54, 1.807) is 0 Å². The fourth-order valence-corrected chi connectivity index (χ4v) is 2.69. The molecule has 0 spiro atoms. The molecular weight excluding hydrogens is 218 g/mol. The van der Waals surface area contributed by atoms with Gasteiger partial charge in [-0.2, -0.15) is 0 Å². The van der Waals surface area contributed by atoms with Gasteiger partial charge in [0.1, 0.15) is 0 Å². The number of likely N-dealkylation sites (tertiary alicyclic amines) is 1. The first-order chi connectivity index (χ1) is 8.20. The molecule has 0 aromatic rings. The number of carbonyl (C=O) groups is 1. The van der Waals surface area contributed by atoms with Crippen LogP contribution >= 0.6 is 0 Å². The highest BCUT2D eigenvalue weighted by molar-refractivity contribution is 5.68. The van der Waals surface area contributed by atoms with Crippen LogP contribution in [0.2, 0.25) is 0 Å². The molecule has 2 saturated heterocycles. The number of nitrogens with zero attached hydrogens (tertiary/aromatic N) is 1. The lowest BCUT2D eigenvalue weighted by atomic mass is 9.88. The van der Waals surface area contributed by atoms with Gasteiger partial charge in [0.05, 0.1) is 12.0 Å². The quantitative estimate of drug-likeness (QED) is 0.605. The molecule has 5 heteroatoms. The van der Waals surface area contributed by atoms with Crippen molar-refractivity contribution in [2.75, 3.05) is 39.3 Å². The van der Waals surface area contributed by atoms with E-state index in [-0.39, 0.29) is 12.0 Å². The molecule has 17 heavy (non-hydrogen) atoms. The summed E-state index contributed by atoms with van der Waals surface area (Å²) in [6.07, 6.45) is 4.19. The van der Waals surface area contributed by atoms with Gasteiger partial charge < -0.3 is 20.6 Å². The Morgan fingerprint density at radius 2 is 2.00 bits per heavy atom. The number of nitrogens with one attached hydrogen (secondary N) is 2. The number of rotatable bonds is 6. The van der Waals surface area contributed by atoms with E-state index in [1.807, 2.05) is 0 Å². The van der Waals surface area contributed by atoms with Crippen LogP contribution in [0.1, 0.15) is 25.7 Å². The van der Waals surface area contributed by atoms with Crippen molar-refractivity contribution in [1.82, 2.24) is 15.5 Å². The van der Waals surface area contributed by atoms with Gasteiger partial charge in [0.2, 0.25) is 0 Å². The van der Waals surface area contributed by atoms with Crippen LogP contribution in [0.15, 0.2) is 0 Å². The zero-order valence-corrected chi connectivity index (χ0v) is 10.4. The molecule has 2 heterocycles. The molecule has 0 radical (unpaired) electrons. The van der Waals surface area contributed by atoms with E-state index in [0.717, 1.165) is 26.2 Å². The molecule has 0 bridgehead atoms. The highest BCUT2D eigenvalue weighted by Gasteiger charge is 2.38. The zero-order valence-electron chi connectivity index (χ0n) is 10.4. The number of hydrogen-bond donors (Lipinski definition) is 3. The van der Waals surface area contributed by atoms with E-state index in [2.05, 4.69) is 15.5 Å². The monoisotopic (exact) mass is 241 g/mol. The SMILES string of the molecule is O=C(O)CC1(NCCN2CCCCC2)CNC1. The third kappa shape index (κ3) is 3.66. The van der Waals surface area contributed by atoms with Gasteiger partial charge in [-0.25, -0.2) is 0 Å². The smallest absolute Gasteiger partial charge is 0.305 e. The Kier molecular flexibility index (Phi) is 4.36. The average molecular weight is 241 g/mol. The van der Waals surface area contributed by atoms with Crippen molar-refractivity contribution in [3.8, 4) is 0 Å². The van der Waals surface area contributed by atoms with Crippen molar-refractivity contribution in [1.29, 1.82) is 0 Å². The van der Waals surface area contributed by atoms with Gasteiger partial charge in [-0.3, -0.25) is 4.79 Å². The van der Waals surface area contributed by atoms with Crippen molar-refractivity contribution in [3.63, 3.8) is 0 Å². The average Bonchev–Trinajstić information content (AvgIpc) is 2.26. The minimum Gasteiger partial charge on any atom is -0.481 e. The summed E-state index contributed by atoms with van der Waals surface area (Å²) < 4.78 is 0. The van der Waals surface area contributed by atoms with Gasteiger partial charge in [0.15, 0.2) is 0 Å². The lowest BCUT2D eigenvalue weighted by Gasteiger charge is -2.43. The molecule has 0 aromatic heterocycles. The van der Waals surface area contributed by atoms with Crippen LogP contribution in [0.25, 0.3) is 0 Å². The van der Waals surface area contributed by atoms with Gasteiger partial charge in [0.25, 0.3) is 0 Å². The molecule has 2 aliphatic rings. The Labute approximate surface area is 103 Å². The second kappa shape index (κ2) is 5.80.